The quantitative estimate of drug-likeness (QED) is 0.875. The Morgan fingerprint density at radius 3 is 2.58 bits per heavy atom. The fraction of sp³-hybridized carbons (Fsp3) is 0.300. The van der Waals surface area contributed by atoms with Crippen molar-refractivity contribution >= 4 is 23.2 Å². The van der Waals surface area contributed by atoms with Gasteiger partial charge in [-0.05, 0) is 48.6 Å². The van der Waals surface area contributed by atoms with E-state index < -0.39 is 0 Å². The molecule has 2 aromatic carbocycles. The first kappa shape index (κ1) is 16.2. The second-order valence-electron chi connectivity index (χ2n) is 6.05. The highest BCUT2D eigenvalue weighted by atomic mass is 16.2. The molecule has 0 saturated heterocycles. The van der Waals surface area contributed by atoms with Gasteiger partial charge in [-0.25, -0.2) is 0 Å². The van der Waals surface area contributed by atoms with Crippen molar-refractivity contribution in [2.45, 2.75) is 32.6 Å². The first-order valence-electron chi connectivity index (χ1n) is 8.44. The Morgan fingerprint density at radius 1 is 1.08 bits per heavy atom. The smallest absolute Gasteiger partial charge is 0.236 e. The monoisotopic (exact) mass is 322 g/mol. The standard InChI is InChI=1S/C20H22N2O2/c1-2-15-9-11-17(12-10-15)21-19(23)14-20(24)22-13-5-7-16-6-3-4-8-18(16)22/h3-4,6,8-12H,2,5,7,13-14H2,1H3,(H,21,23). The molecule has 2 amide bonds. The molecule has 1 aliphatic heterocycles. The van der Waals surface area contributed by atoms with E-state index in [9.17, 15) is 9.59 Å². The van der Waals surface area contributed by atoms with Gasteiger partial charge in [-0.15, -0.1) is 0 Å². The zero-order valence-corrected chi connectivity index (χ0v) is 13.9. The number of hydrogen-bond acceptors (Lipinski definition) is 2. The molecule has 124 valence electrons. The number of nitrogens with one attached hydrogen (secondary N) is 1. The first-order chi connectivity index (χ1) is 11.7. The molecule has 4 heteroatoms. The minimum absolute atomic E-state index is 0.135. The number of aryl methyl sites for hydroxylation is 2. The molecule has 3 rings (SSSR count). The molecule has 0 unspecified atom stereocenters. The van der Waals surface area contributed by atoms with Crippen LogP contribution in [-0.2, 0) is 22.4 Å². The van der Waals surface area contributed by atoms with Crippen molar-refractivity contribution < 1.29 is 9.59 Å². The van der Waals surface area contributed by atoms with Crippen LogP contribution in [0, 0.1) is 0 Å². The molecule has 0 aromatic heterocycles. The van der Waals surface area contributed by atoms with Gasteiger partial charge in [0.2, 0.25) is 11.8 Å². The third-order valence-corrected chi connectivity index (χ3v) is 4.37. The summed E-state index contributed by atoms with van der Waals surface area (Å²) in [5.41, 5.74) is 4.06. The van der Waals surface area contributed by atoms with Crippen LogP contribution in [0.4, 0.5) is 11.4 Å². The number of para-hydroxylation sites is 1. The summed E-state index contributed by atoms with van der Waals surface area (Å²) in [6, 6.07) is 15.6. The largest absolute Gasteiger partial charge is 0.326 e. The van der Waals surface area contributed by atoms with Crippen LogP contribution in [0.15, 0.2) is 48.5 Å². The summed E-state index contributed by atoms with van der Waals surface area (Å²) in [5.74, 6) is -0.419. The van der Waals surface area contributed by atoms with Crippen molar-refractivity contribution in [1.29, 1.82) is 0 Å². The normalized spacial score (nSPS) is 13.3. The molecule has 1 aliphatic rings. The zero-order valence-electron chi connectivity index (χ0n) is 13.9. The summed E-state index contributed by atoms with van der Waals surface area (Å²) >= 11 is 0. The summed E-state index contributed by atoms with van der Waals surface area (Å²) in [4.78, 5) is 26.4. The third-order valence-electron chi connectivity index (χ3n) is 4.37. The molecule has 0 saturated carbocycles. The maximum atomic E-state index is 12.5. The van der Waals surface area contributed by atoms with E-state index in [4.69, 9.17) is 0 Å². The second-order valence-corrected chi connectivity index (χ2v) is 6.05. The Balaban J connectivity index is 1.63. The molecular formula is C20H22N2O2. The predicted octanol–water partition coefficient (Wildman–Crippen LogP) is 3.56. The Kier molecular flexibility index (Phi) is 4.94. The van der Waals surface area contributed by atoms with Crippen LogP contribution in [0.3, 0.4) is 0 Å². The Bertz CT molecular complexity index is 738. The molecule has 0 aliphatic carbocycles. The fourth-order valence-electron chi connectivity index (χ4n) is 3.05. The molecule has 0 bridgehead atoms. The van der Waals surface area contributed by atoms with Crippen molar-refractivity contribution in [2.24, 2.45) is 0 Å². The fourth-order valence-corrected chi connectivity index (χ4v) is 3.05. The molecule has 0 fully saturated rings. The number of hydrogen-bond donors (Lipinski definition) is 1. The summed E-state index contributed by atoms with van der Waals surface area (Å²) < 4.78 is 0. The van der Waals surface area contributed by atoms with Gasteiger partial charge in [0.1, 0.15) is 6.42 Å². The Hall–Kier alpha value is -2.62. The summed E-state index contributed by atoms with van der Waals surface area (Å²) in [6.45, 7) is 2.76. The SMILES string of the molecule is CCc1ccc(NC(=O)CC(=O)N2CCCc3ccccc32)cc1. The van der Waals surface area contributed by atoms with E-state index in [1.54, 1.807) is 4.90 Å². The van der Waals surface area contributed by atoms with E-state index in [0.717, 1.165) is 30.6 Å². The van der Waals surface area contributed by atoms with Crippen LogP contribution in [-0.4, -0.2) is 18.4 Å². The number of rotatable bonds is 4. The molecule has 0 atom stereocenters. The van der Waals surface area contributed by atoms with Gasteiger partial charge in [0.15, 0.2) is 0 Å². The van der Waals surface area contributed by atoms with Gasteiger partial charge in [0, 0.05) is 17.9 Å². The number of anilines is 2. The molecule has 4 nitrogen and oxygen atoms in total. The van der Waals surface area contributed by atoms with Crippen LogP contribution in [0.25, 0.3) is 0 Å². The minimum Gasteiger partial charge on any atom is -0.326 e. The summed E-state index contributed by atoms with van der Waals surface area (Å²) in [6.07, 6.45) is 2.74. The highest BCUT2D eigenvalue weighted by Crippen LogP contribution is 2.27. The third kappa shape index (κ3) is 3.65. The molecule has 1 heterocycles. The Morgan fingerprint density at radius 2 is 1.83 bits per heavy atom. The van der Waals surface area contributed by atoms with Gasteiger partial charge in [-0.1, -0.05) is 37.3 Å². The second kappa shape index (κ2) is 7.30. The van der Waals surface area contributed by atoms with Crippen LogP contribution in [0.5, 0.6) is 0 Å². The average Bonchev–Trinajstić information content (AvgIpc) is 2.61. The molecular weight excluding hydrogens is 300 g/mol. The maximum Gasteiger partial charge on any atom is 0.236 e. The lowest BCUT2D eigenvalue weighted by atomic mass is 10.0. The predicted molar refractivity (Wildman–Crippen MR) is 96.2 cm³/mol. The molecule has 24 heavy (non-hydrogen) atoms. The lowest BCUT2D eigenvalue weighted by molar-refractivity contribution is -0.125. The van der Waals surface area contributed by atoms with Gasteiger partial charge in [-0.2, -0.15) is 0 Å². The van der Waals surface area contributed by atoms with E-state index in [0.29, 0.717) is 6.54 Å². The number of fused-ring (bicyclic) bond motifs is 1. The van der Waals surface area contributed by atoms with E-state index in [1.165, 1.54) is 11.1 Å². The van der Waals surface area contributed by atoms with Crippen molar-refractivity contribution in [1.82, 2.24) is 0 Å². The van der Waals surface area contributed by atoms with Crippen molar-refractivity contribution in [3.63, 3.8) is 0 Å². The minimum atomic E-state index is -0.271. The summed E-state index contributed by atoms with van der Waals surface area (Å²) in [7, 11) is 0. The van der Waals surface area contributed by atoms with Crippen LogP contribution < -0.4 is 10.2 Å². The van der Waals surface area contributed by atoms with E-state index in [-0.39, 0.29) is 18.2 Å². The highest BCUT2D eigenvalue weighted by molar-refractivity contribution is 6.09. The van der Waals surface area contributed by atoms with Gasteiger partial charge < -0.3 is 10.2 Å². The van der Waals surface area contributed by atoms with Crippen molar-refractivity contribution in [2.75, 3.05) is 16.8 Å². The molecule has 1 N–H and O–H groups in total. The number of amides is 2. The van der Waals surface area contributed by atoms with E-state index in [2.05, 4.69) is 12.2 Å². The number of benzene rings is 2. The van der Waals surface area contributed by atoms with Crippen LogP contribution >= 0.6 is 0 Å². The average molecular weight is 322 g/mol. The zero-order chi connectivity index (χ0) is 16.9. The van der Waals surface area contributed by atoms with Gasteiger partial charge in [0.05, 0.1) is 0 Å². The lowest BCUT2D eigenvalue weighted by Gasteiger charge is -2.29. The number of nitrogens with zero attached hydrogens (tertiary/aromatic N) is 1. The van der Waals surface area contributed by atoms with Gasteiger partial charge in [0.25, 0.3) is 0 Å². The number of carbonyl (C=O) groups excluding carboxylic acids is 2. The Labute approximate surface area is 142 Å². The highest BCUT2D eigenvalue weighted by Gasteiger charge is 2.23. The topological polar surface area (TPSA) is 49.4 Å². The maximum absolute atomic E-state index is 12.5. The summed E-state index contributed by atoms with van der Waals surface area (Å²) in [5, 5.41) is 2.80. The first-order valence-corrected chi connectivity index (χ1v) is 8.44. The molecule has 0 spiro atoms. The van der Waals surface area contributed by atoms with Crippen molar-refractivity contribution in [3.8, 4) is 0 Å². The number of carbonyl (C=O) groups is 2. The van der Waals surface area contributed by atoms with E-state index >= 15 is 0 Å². The van der Waals surface area contributed by atoms with Crippen molar-refractivity contribution in [3.05, 3.63) is 59.7 Å². The van der Waals surface area contributed by atoms with Gasteiger partial charge >= 0.3 is 0 Å². The molecule has 0 radical (unpaired) electrons. The van der Waals surface area contributed by atoms with Gasteiger partial charge in [-0.3, -0.25) is 9.59 Å². The lowest BCUT2D eigenvalue weighted by Crippen LogP contribution is -2.37. The van der Waals surface area contributed by atoms with E-state index in [1.807, 2.05) is 48.5 Å². The molecule has 2 aromatic rings. The van der Waals surface area contributed by atoms with Crippen LogP contribution in [0.2, 0.25) is 0 Å². The van der Waals surface area contributed by atoms with Crippen LogP contribution in [0.1, 0.15) is 30.9 Å².